The summed E-state index contributed by atoms with van der Waals surface area (Å²) in [4.78, 5) is 12.6. The van der Waals surface area contributed by atoms with Crippen molar-refractivity contribution in [3.05, 3.63) is 35.1 Å². The highest BCUT2D eigenvalue weighted by Crippen LogP contribution is 2.53. The lowest BCUT2D eigenvalue weighted by Crippen LogP contribution is -2.50. The van der Waals surface area contributed by atoms with Gasteiger partial charge < -0.3 is 14.6 Å². The number of hydrogen-bond donors (Lipinski definition) is 2. The Morgan fingerprint density at radius 1 is 1.40 bits per heavy atom. The summed E-state index contributed by atoms with van der Waals surface area (Å²) in [6.07, 6.45) is 1.03. The molecule has 0 aromatic heterocycles. The van der Waals surface area contributed by atoms with Crippen molar-refractivity contribution in [3.8, 4) is 0 Å². The van der Waals surface area contributed by atoms with Crippen molar-refractivity contribution in [1.29, 1.82) is 0 Å². The number of fused-ring (bicyclic) bond motifs is 1. The molecule has 25 heavy (non-hydrogen) atoms. The molecule has 1 fully saturated rings. The molecule has 0 saturated carbocycles. The molecule has 2 aliphatic rings. The van der Waals surface area contributed by atoms with Crippen LogP contribution < -0.4 is 4.72 Å². The molecule has 0 bridgehead atoms. The Labute approximate surface area is 150 Å². The van der Waals surface area contributed by atoms with Gasteiger partial charge in [0.15, 0.2) is 0 Å². The van der Waals surface area contributed by atoms with Crippen LogP contribution in [-0.2, 0) is 17.8 Å². The number of carboxylic acid groups (broad SMARTS) is 1. The van der Waals surface area contributed by atoms with Crippen LogP contribution >= 0.6 is 0 Å². The second-order valence-electron chi connectivity index (χ2n) is 8.05. The standard InChI is InChI=1S/C18H25FN2O3S/c1-17(2,3)25(24)20-15-14-12(5-4-6-13(14)19)11-18(15)7-9-21(10-8-18)16(22)23/h4-6,15,20H,7-11H2,1-3H3,(H,22,23)/t15-,25?/m0/s1. The molecule has 2 N–H and O–H groups in total. The Bertz CT molecular complexity index is 669. The highest BCUT2D eigenvalue weighted by Gasteiger charge is 2.51. The summed E-state index contributed by atoms with van der Waals surface area (Å²) < 4.78 is 30.0. The van der Waals surface area contributed by atoms with E-state index in [-0.39, 0.29) is 17.3 Å². The Morgan fingerprint density at radius 3 is 2.60 bits per heavy atom. The number of halogens is 1. The lowest BCUT2D eigenvalue weighted by molar-refractivity contribution is 0.0759. The van der Waals surface area contributed by atoms with Crippen molar-refractivity contribution >= 4 is 17.5 Å². The monoisotopic (exact) mass is 368 g/mol. The number of nitrogens with one attached hydrogen (secondary N) is 1. The summed E-state index contributed by atoms with van der Waals surface area (Å²) in [5, 5.41) is 9.21. The highest BCUT2D eigenvalue weighted by molar-refractivity contribution is 7.90. The van der Waals surface area contributed by atoms with Crippen LogP contribution in [0.15, 0.2) is 18.2 Å². The van der Waals surface area contributed by atoms with Gasteiger partial charge in [0.2, 0.25) is 0 Å². The zero-order valence-electron chi connectivity index (χ0n) is 14.8. The van der Waals surface area contributed by atoms with E-state index in [1.54, 1.807) is 6.07 Å². The van der Waals surface area contributed by atoms with Crippen LogP contribution in [0.3, 0.4) is 0 Å². The topological polar surface area (TPSA) is 75.6 Å². The first-order valence-electron chi connectivity index (χ1n) is 8.57. The largest absolute Gasteiger partial charge is 0.598 e. The molecule has 1 aliphatic heterocycles. The molecule has 1 unspecified atom stereocenters. The molecule has 1 aromatic carbocycles. The quantitative estimate of drug-likeness (QED) is 0.786. The number of benzene rings is 1. The van der Waals surface area contributed by atoms with Crippen molar-refractivity contribution in [1.82, 2.24) is 9.62 Å². The van der Waals surface area contributed by atoms with Crippen molar-refractivity contribution in [3.63, 3.8) is 0 Å². The van der Waals surface area contributed by atoms with Gasteiger partial charge in [0, 0.05) is 35.4 Å². The third-order valence-corrected chi connectivity index (χ3v) is 6.96. The maximum absolute atomic E-state index is 14.6. The molecule has 1 saturated heterocycles. The maximum atomic E-state index is 14.6. The summed E-state index contributed by atoms with van der Waals surface area (Å²) in [6, 6.07) is 4.71. The molecule has 1 aromatic rings. The van der Waals surface area contributed by atoms with Gasteiger partial charge in [-0.25, -0.2) is 9.18 Å². The number of nitrogens with zero attached hydrogens (tertiary/aromatic N) is 1. The van der Waals surface area contributed by atoms with Crippen LogP contribution in [0.1, 0.15) is 50.8 Å². The third kappa shape index (κ3) is 3.37. The summed E-state index contributed by atoms with van der Waals surface area (Å²) in [6.45, 7) is 6.49. The van der Waals surface area contributed by atoms with Gasteiger partial charge in [0.05, 0.1) is 6.04 Å². The minimum atomic E-state index is -1.33. The molecule has 0 radical (unpaired) electrons. The third-order valence-electron chi connectivity index (χ3n) is 5.40. The van der Waals surface area contributed by atoms with Crippen molar-refractivity contribution in [2.24, 2.45) is 5.41 Å². The minimum absolute atomic E-state index is 0.279. The number of piperidine rings is 1. The molecule has 1 amide bonds. The first-order chi connectivity index (χ1) is 11.6. The van der Waals surface area contributed by atoms with E-state index in [9.17, 15) is 18.8 Å². The van der Waals surface area contributed by atoms with Crippen molar-refractivity contribution < 1.29 is 18.8 Å². The fourth-order valence-corrected chi connectivity index (χ4v) is 4.86. The number of amides is 1. The lowest BCUT2D eigenvalue weighted by Gasteiger charge is -2.43. The fourth-order valence-electron chi connectivity index (χ4n) is 3.92. The Morgan fingerprint density at radius 2 is 2.04 bits per heavy atom. The molecule has 1 aliphatic carbocycles. The molecule has 2 atom stereocenters. The number of hydrogen-bond acceptors (Lipinski definition) is 3. The van der Waals surface area contributed by atoms with E-state index in [4.69, 9.17) is 0 Å². The van der Waals surface area contributed by atoms with E-state index in [0.717, 1.165) is 5.56 Å². The second kappa shape index (κ2) is 6.45. The van der Waals surface area contributed by atoms with Gasteiger partial charge in [0.25, 0.3) is 0 Å². The van der Waals surface area contributed by atoms with E-state index in [1.807, 2.05) is 26.8 Å². The molecule has 7 heteroatoms. The Kier molecular flexibility index (Phi) is 4.77. The first-order valence-corrected chi connectivity index (χ1v) is 9.72. The van der Waals surface area contributed by atoms with E-state index >= 15 is 0 Å². The summed E-state index contributed by atoms with van der Waals surface area (Å²) in [5.74, 6) is -0.279. The van der Waals surface area contributed by atoms with Crippen molar-refractivity contribution in [2.75, 3.05) is 13.1 Å². The number of rotatable bonds is 2. The van der Waals surface area contributed by atoms with Crippen LogP contribution in [-0.4, -0.2) is 38.5 Å². The van der Waals surface area contributed by atoms with Gasteiger partial charge in [-0.2, -0.15) is 0 Å². The van der Waals surface area contributed by atoms with Crippen LogP contribution in [0.5, 0.6) is 0 Å². The van der Waals surface area contributed by atoms with Gasteiger partial charge in [-0.1, -0.05) is 12.1 Å². The van der Waals surface area contributed by atoms with Gasteiger partial charge >= 0.3 is 6.09 Å². The number of likely N-dealkylation sites (tertiary alicyclic amines) is 1. The highest BCUT2D eigenvalue weighted by atomic mass is 32.2. The van der Waals surface area contributed by atoms with Gasteiger partial charge in [-0.05, 0) is 51.7 Å². The molecule has 138 valence electrons. The Balaban J connectivity index is 1.93. The number of carbonyl (C=O) groups is 1. The summed E-state index contributed by atoms with van der Waals surface area (Å²) in [5.41, 5.74) is 1.24. The van der Waals surface area contributed by atoms with Gasteiger partial charge in [0.1, 0.15) is 10.6 Å². The second-order valence-corrected chi connectivity index (χ2v) is 10.1. The normalized spacial score (nSPS) is 23.6. The Hall–Kier alpha value is -1.31. The van der Waals surface area contributed by atoms with Crippen LogP contribution in [0, 0.1) is 11.2 Å². The van der Waals surface area contributed by atoms with E-state index in [0.29, 0.717) is 37.9 Å². The minimum Gasteiger partial charge on any atom is -0.598 e. The van der Waals surface area contributed by atoms with E-state index < -0.39 is 22.2 Å². The molecular formula is C18H25FN2O3S. The fraction of sp³-hybridized carbons (Fsp3) is 0.611. The van der Waals surface area contributed by atoms with Gasteiger partial charge in [-0.15, -0.1) is 4.72 Å². The van der Waals surface area contributed by atoms with E-state index in [1.165, 1.54) is 11.0 Å². The predicted molar refractivity (Wildman–Crippen MR) is 95.1 cm³/mol. The SMILES string of the molecule is CC(C)(C)[S+]([O-])N[C@H]1c2c(F)cccc2CC12CCN(C(=O)O)CC2. The predicted octanol–water partition coefficient (Wildman–Crippen LogP) is 3.23. The zero-order chi connectivity index (χ0) is 18.4. The molecule has 1 spiro atoms. The van der Waals surface area contributed by atoms with E-state index in [2.05, 4.69) is 4.72 Å². The smallest absolute Gasteiger partial charge is 0.407 e. The molecule has 5 nitrogen and oxygen atoms in total. The summed E-state index contributed by atoms with van der Waals surface area (Å²) >= 11 is -1.33. The van der Waals surface area contributed by atoms with Gasteiger partial charge in [-0.3, -0.25) is 0 Å². The molecular weight excluding hydrogens is 343 g/mol. The van der Waals surface area contributed by atoms with Crippen LogP contribution in [0.2, 0.25) is 0 Å². The molecule has 1 heterocycles. The van der Waals surface area contributed by atoms with Crippen LogP contribution in [0.25, 0.3) is 0 Å². The average molecular weight is 368 g/mol. The zero-order valence-corrected chi connectivity index (χ0v) is 15.7. The molecule has 3 rings (SSSR count). The summed E-state index contributed by atoms with van der Waals surface area (Å²) in [7, 11) is 0. The average Bonchev–Trinajstić information content (AvgIpc) is 2.81. The van der Waals surface area contributed by atoms with Crippen molar-refractivity contribution in [2.45, 2.75) is 50.8 Å². The lowest BCUT2D eigenvalue weighted by atomic mass is 9.73. The maximum Gasteiger partial charge on any atom is 0.407 e. The van der Waals surface area contributed by atoms with Crippen LogP contribution in [0.4, 0.5) is 9.18 Å². The first kappa shape index (κ1) is 18.5.